The highest BCUT2D eigenvalue weighted by Crippen LogP contribution is 2.73. The summed E-state index contributed by atoms with van der Waals surface area (Å²) in [6.07, 6.45) is 12.2. The number of ether oxygens (including phenoxy) is 2. The molecule has 3 heteroatoms. The van der Waals surface area contributed by atoms with E-state index in [-0.39, 0.29) is 23.2 Å². The van der Waals surface area contributed by atoms with E-state index in [4.69, 9.17) is 9.47 Å². The summed E-state index contributed by atoms with van der Waals surface area (Å²) in [5, 5.41) is 10.8. The lowest BCUT2D eigenvalue weighted by Gasteiger charge is -2.71. The third-order valence-corrected chi connectivity index (χ3v) is 12.2. The van der Waals surface area contributed by atoms with Crippen LogP contribution >= 0.6 is 0 Å². The van der Waals surface area contributed by atoms with E-state index in [0.29, 0.717) is 16.7 Å². The molecule has 1 heterocycles. The highest BCUT2D eigenvalue weighted by atomic mass is 16.6. The first-order valence-electron chi connectivity index (χ1n) is 14.2. The predicted octanol–water partition coefficient (Wildman–Crippen LogP) is 7.40. The van der Waals surface area contributed by atoms with Crippen LogP contribution in [0.15, 0.2) is 0 Å². The fourth-order valence-corrected chi connectivity index (χ4v) is 10.2. The van der Waals surface area contributed by atoms with Crippen molar-refractivity contribution < 1.29 is 14.6 Å². The highest BCUT2D eigenvalue weighted by molar-refractivity contribution is 5.18. The van der Waals surface area contributed by atoms with E-state index in [1.807, 2.05) is 21.0 Å². The molecular weight excluding hydrogens is 408 g/mol. The molecule has 0 radical (unpaired) electrons. The van der Waals surface area contributed by atoms with Crippen LogP contribution < -0.4 is 0 Å². The second-order valence-electron chi connectivity index (χ2n) is 14.2. The zero-order valence-electron chi connectivity index (χ0n) is 23.3. The van der Waals surface area contributed by atoms with Crippen LogP contribution in [0.1, 0.15) is 120 Å². The SMILES string of the molecule is CCCC1(C)C(C(C)C)CCC2(C)C1CCC1C3OC(C(C)(C)O)CCC3(OC)CCC12C. The van der Waals surface area contributed by atoms with Gasteiger partial charge in [-0.1, -0.05) is 48.0 Å². The van der Waals surface area contributed by atoms with E-state index < -0.39 is 5.60 Å². The zero-order valence-corrected chi connectivity index (χ0v) is 23.3. The van der Waals surface area contributed by atoms with Crippen molar-refractivity contribution >= 4 is 0 Å². The summed E-state index contributed by atoms with van der Waals surface area (Å²) >= 11 is 0. The van der Waals surface area contributed by atoms with Crippen LogP contribution in [-0.4, -0.2) is 35.6 Å². The van der Waals surface area contributed by atoms with Gasteiger partial charge in [-0.25, -0.2) is 0 Å². The van der Waals surface area contributed by atoms with E-state index in [1.54, 1.807) is 0 Å². The van der Waals surface area contributed by atoms with E-state index in [0.717, 1.165) is 37.0 Å². The Morgan fingerprint density at radius 2 is 1.67 bits per heavy atom. The third kappa shape index (κ3) is 3.69. The molecule has 9 atom stereocenters. The van der Waals surface area contributed by atoms with Gasteiger partial charge in [-0.05, 0) is 112 Å². The van der Waals surface area contributed by atoms with Gasteiger partial charge in [0.25, 0.3) is 0 Å². The number of fused-ring (bicyclic) bond motifs is 5. The van der Waals surface area contributed by atoms with E-state index >= 15 is 0 Å². The smallest absolute Gasteiger partial charge is 0.0943 e. The minimum Gasteiger partial charge on any atom is -0.388 e. The lowest BCUT2D eigenvalue weighted by molar-refractivity contribution is -0.303. The van der Waals surface area contributed by atoms with Gasteiger partial charge in [0.05, 0.1) is 23.4 Å². The summed E-state index contributed by atoms with van der Waals surface area (Å²) < 4.78 is 13.2. The summed E-state index contributed by atoms with van der Waals surface area (Å²) in [5.41, 5.74) is 0.0702. The minimum atomic E-state index is -0.802. The molecule has 1 aliphatic heterocycles. The topological polar surface area (TPSA) is 38.7 Å². The standard InChI is InChI=1S/C30H54O3/c1-10-15-27(6)21(20(2)3)13-16-29(8)23(27)12-11-22-25-30(32-9,19-18-28(22,29)7)17-14-24(33-25)26(4,5)31/h20-25,31H,10-19H2,1-9H3. The first-order valence-corrected chi connectivity index (χ1v) is 14.2. The minimum absolute atomic E-state index is 0.0966. The maximum absolute atomic E-state index is 10.8. The first kappa shape index (κ1) is 26.0. The average Bonchev–Trinajstić information content (AvgIpc) is 2.73. The molecular formula is C30H54O3. The van der Waals surface area contributed by atoms with Crippen LogP contribution in [0.5, 0.6) is 0 Å². The van der Waals surface area contributed by atoms with Gasteiger partial charge in [0, 0.05) is 7.11 Å². The number of methoxy groups -OCH3 is 1. The molecule has 4 fully saturated rings. The van der Waals surface area contributed by atoms with Gasteiger partial charge in [-0.3, -0.25) is 0 Å². The van der Waals surface area contributed by atoms with Gasteiger partial charge in [-0.15, -0.1) is 0 Å². The summed E-state index contributed by atoms with van der Waals surface area (Å²) in [5.74, 6) is 2.90. The van der Waals surface area contributed by atoms with Crippen molar-refractivity contribution in [3.63, 3.8) is 0 Å². The molecule has 3 aliphatic carbocycles. The van der Waals surface area contributed by atoms with Crippen LogP contribution in [0, 0.1) is 39.9 Å². The van der Waals surface area contributed by atoms with Crippen LogP contribution in [0.4, 0.5) is 0 Å². The maximum Gasteiger partial charge on any atom is 0.0943 e. The maximum atomic E-state index is 10.8. The largest absolute Gasteiger partial charge is 0.388 e. The van der Waals surface area contributed by atoms with Crippen LogP contribution in [-0.2, 0) is 9.47 Å². The predicted molar refractivity (Wildman–Crippen MR) is 136 cm³/mol. The molecule has 0 aromatic rings. The third-order valence-electron chi connectivity index (χ3n) is 12.2. The van der Waals surface area contributed by atoms with Gasteiger partial charge >= 0.3 is 0 Å². The molecule has 33 heavy (non-hydrogen) atoms. The Kier molecular flexibility index (Phi) is 6.67. The molecule has 1 saturated heterocycles. The van der Waals surface area contributed by atoms with Gasteiger partial charge in [0.2, 0.25) is 0 Å². The monoisotopic (exact) mass is 462 g/mol. The Labute approximate surface area is 204 Å². The Bertz CT molecular complexity index is 712. The lowest BCUT2D eigenvalue weighted by Crippen LogP contribution is -2.69. The molecule has 3 saturated carbocycles. The van der Waals surface area contributed by atoms with Gasteiger partial charge in [-0.2, -0.15) is 0 Å². The van der Waals surface area contributed by atoms with Crippen molar-refractivity contribution in [1.82, 2.24) is 0 Å². The molecule has 0 spiro atoms. The summed E-state index contributed by atoms with van der Waals surface area (Å²) in [7, 11) is 1.91. The van der Waals surface area contributed by atoms with E-state index in [1.165, 1.54) is 44.9 Å². The molecule has 0 amide bonds. The molecule has 0 bridgehead atoms. The van der Waals surface area contributed by atoms with Crippen molar-refractivity contribution in [2.24, 2.45) is 39.9 Å². The van der Waals surface area contributed by atoms with Crippen molar-refractivity contribution in [2.75, 3.05) is 7.11 Å². The van der Waals surface area contributed by atoms with Gasteiger partial charge < -0.3 is 14.6 Å². The molecule has 1 N–H and O–H groups in total. The van der Waals surface area contributed by atoms with Gasteiger partial charge in [0.1, 0.15) is 0 Å². The van der Waals surface area contributed by atoms with Crippen molar-refractivity contribution in [1.29, 1.82) is 0 Å². The summed E-state index contributed by atoms with van der Waals surface area (Å²) in [6.45, 7) is 19.1. The van der Waals surface area contributed by atoms with Crippen LogP contribution in [0.2, 0.25) is 0 Å². The molecule has 0 aromatic carbocycles. The zero-order chi connectivity index (χ0) is 24.4. The molecule has 9 unspecified atom stereocenters. The summed E-state index contributed by atoms with van der Waals surface area (Å²) in [6, 6.07) is 0. The first-order chi connectivity index (χ1) is 15.3. The average molecular weight is 463 g/mol. The molecule has 3 nitrogen and oxygen atoms in total. The van der Waals surface area contributed by atoms with Gasteiger partial charge in [0.15, 0.2) is 0 Å². The number of hydrogen-bond donors (Lipinski definition) is 1. The fourth-order valence-electron chi connectivity index (χ4n) is 10.2. The molecule has 0 aromatic heterocycles. The van der Waals surface area contributed by atoms with E-state index in [2.05, 4.69) is 41.5 Å². The van der Waals surface area contributed by atoms with E-state index in [9.17, 15) is 5.11 Å². The number of hydrogen-bond acceptors (Lipinski definition) is 3. The Morgan fingerprint density at radius 3 is 2.24 bits per heavy atom. The molecule has 192 valence electrons. The molecule has 4 aliphatic rings. The molecule has 4 rings (SSSR count). The van der Waals surface area contributed by atoms with Crippen molar-refractivity contribution in [3.05, 3.63) is 0 Å². The Balaban J connectivity index is 1.72. The highest BCUT2D eigenvalue weighted by Gasteiger charge is 2.69. The fraction of sp³-hybridized carbons (Fsp3) is 1.00. The Hall–Kier alpha value is -0.120. The van der Waals surface area contributed by atoms with Crippen LogP contribution in [0.3, 0.4) is 0 Å². The summed E-state index contributed by atoms with van der Waals surface area (Å²) in [4.78, 5) is 0. The van der Waals surface area contributed by atoms with Crippen molar-refractivity contribution in [2.45, 2.75) is 143 Å². The lowest BCUT2D eigenvalue weighted by atomic mass is 9.35. The Morgan fingerprint density at radius 1 is 0.970 bits per heavy atom. The number of rotatable bonds is 5. The van der Waals surface area contributed by atoms with Crippen LogP contribution in [0.25, 0.3) is 0 Å². The number of aliphatic hydroxyl groups is 1. The van der Waals surface area contributed by atoms with Crippen molar-refractivity contribution in [3.8, 4) is 0 Å². The normalized spacial score (nSPS) is 50.5. The quantitative estimate of drug-likeness (QED) is 0.463. The second-order valence-corrected chi connectivity index (χ2v) is 14.2. The second kappa shape index (κ2) is 8.48.